The molecule has 0 saturated heterocycles. The number of nitrogens with one attached hydrogen (secondary N) is 1. The molecule has 2 heterocycles. The fraction of sp³-hybridized carbons (Fsp3) is 0.167. The van der Waals surface area contributed by atoms with Crippen molar-refractivity contribution in [3.63, 3.8) is 0 Å². The van der Waals surface area contributed by atoms with E-state index in [1.807, 2.05) is 60.3 Å². The molecule has 0 atom stereocenters. The van der Waals surface area contributed by atoms with Gasteiger partial charge in [-0.05, 0) is 66.8 Å². The molecule has 2 aromatic carbocycles. The van der Waals surface area contributed by atoms with Crippen LogP contribution >= 0.6 is 0 Å². The molecule has 0 aliphatic heterocycles. The van der Waals surface area contributed by atoms with Crippen LogP contribution in [0, 0.1) is 0 Å². The quantitative estimate of drug-likeness (QED) is 0.560. The van der Waals surface area contributed by atoms with Crippen molar-refractivity contribution in [2.75, 3.05) is 5.32 Å². The highest BCUT2D eigenvalue weighted by atomic mass is 16.1. The summed E-state index contributed by atoms with van der Waals surface area (Å²) in [6, 6.07) is 17.4. The van der Waals surface area contributed by atoms with Crippen molar-refractivity contribution in [2.45, 2.75) is 19.3 Å². The van der Waals surface area contributed by atoms with Gasteiger partial charge in [0.15, 0.2) is 5.82 Å². The Morgan fingerprint density at radius 1 is 0.967 bits per heavy atom. The average molecular weight is 395 g/mol. The summed E-state index contributed by atoms with van der Waals surface area (Å²) in [6.45, 7) is 0. The minimum Gasteiger partial charge on any atom is -0.333 e. The molecular formula is C24H21N5O. The van der Waals surface area contributed by atoms with E-state index in [-0.39, 0.29) is 5.91 Å². The largest absolute Gasteiger partial charge is 0.333 e. The Morgan fingerprint density at radius 2 is 1.80 bits per heavy atom. The summed E-state index contributed by atoms with van der Waals surface area (Å²) in [5.41, 5.74) is 6.41. The van der Waals surface area contributed by atoms with E-state index in [0.29, 0.717) is 17.0 Å². The van der Waals surface area contributed by atoms with Gasteiger partial charge in [0.2, 0.25) is 0 Å². The van der Waals surface area contributed by atoms with E-state index in [0.717, 1.165) is 29.9 Å². The molecule has 1 N–H and O–H groups in total. The lowest BCUT2D eigenvalue weighted by Crippen LogP contribution is -2.12. The van der Waals surface area contributed by atoms with Crippen LogP contribution < -0.4 is 5.32 Å². The fourth-order valence-electron chi connectivity index (χ4n) is 3.89. The topological polar surface area (TPSA) is 72.7 Å². The van der Waals surface area contributed by atoms with Crippen LogP contribution in [0.25, 0.3) is 22.8 Å². The van der Waals surface area contributed by atoms with Crippen molar-refractivity contribution < 1.29 is 4.79 Å². The molecule has 1 aliphatic rings. The Morgan fingerprint density at radius 3 is 2.60 bits per heavy atom. The number of nitrogens with zero attached hydrogens (tertiary/aromatic N) is 4. The van der Waals surface area contributed by atoms with Crippen LogP contribution in [0.1, 0.15) is 27.9 Å². The van der Waals surface area contributed by atoms with Gasteiger partial charge in [0.05, 0.1) is 5.69 Å². The number of carbonyl (C=O) groups excluding carboxylic acids is 1. The molecular weight excluding hydrogens is 374 g/mol. The lowest BCUT2D eigenvalue weighted by atomic mass is 10.1. The molecule has 1 aliphatic carbocycles. The van der Waals surface area contributed by atoms with Gasteiger partial charge in [-0.15, -0.1) is 10.2 Å². The maximum absolute atomic E-state index is 12.8. The molecule has 0 unspecified atom stereocenters. The zero-order valence-electron chi connectivity index (χ0n) is 16.7. The number of fused-ring (bicyclic) bond motifs is 1. The number of imidazole rings is 1. The highest BCUT2D eigenvalue weighted by Gasteiger charge is 2.13. The van der Waals surface area contributed by atoms with Crippen molar-refractivity contribution in [3.05, 3.63) is 83.7 Å². The average Bonchev–Trinajstić information content (AvgIpc) is 3.42. The summed E-state index contributed by atoms with van der Waals surface area (Å²) >= 11 is 0. The number of anilines is 1. The molecule has 30 heavy (non-hydrogen) atoms. The number of carbonyl (C=O) groups is 1. The van der Waals surface area contributed by atoms with Gasteiger partial charge in [0, 0.05) is 36.3 Å². The zero-order chi connectivity index (χ0) is 20.5. The standard InChI is InChI=1S/C24H21N5O/c1-29-13-12-25-23(29)22-11-10-21(27-28-22)18-6-3-7-19(14-18)24(30)26-20-9-8-16-4-2-5-17(16)15-20/h3,6-15H,2,4-5H2,1H3,(H,26,30). The predicted molar refractivity (Wildman–Crippen MR) is 116 cm³/mol. The van der Waals surface area contributed by atoms with Crippen LogP contribution in [-0.4, -0.2) is 25.7 Å². The Hall–Kier alpha value is -3.80. The van der Waals surface area contributed by atoms with E-state index < -0.39 is 0 Å². The molecule has 0 saturated carbocycles. The van der Waals surface area contributed by atoms with Crippen LogP contribution in [0.4, 0.5) is 5.69 Å². The number of hydrogen-bond acceptors (Lipinski definition) is 4. The van der Waals surface area contributed by atoms with Gasteiger partial charge in [0.1, 0.15) is 5.69 Å². The predicted octanol–water partition coefficient (Wildman–Crippen LogP) is 4.29. The maximum Gasteiger partial charge on any atom is 0.255 e. The first kappa shape index (κ1) is 18.2. The monoisotopic (exact) mass is 395 g/mol. The van der Waals surface area contributed by atoms with Gasteiger partial charge >= 0.3 is 0 Å². The first-order chi connectivity index (χ1) is 14.7. The second-order valence-corrected chi connectivity index (χ2v) is 7.54. The summed E-state index contributed by atoms with van der Waals surface area (Å²) in [5, 5.41) is 11.6. The molecule has 0 bridgehead atoms. The van der Waals surface area contributed by atoms with Gasteiger partial charge in [-0.2, -0.15) is 0 Å². The maximum atomic E-state index is 12.8. The third-order valence-corrected chi connectivity index (χ3v) is 5.49. The number of aryl methyl sites for hydroxylation is 3. The van der Waals surface area contributed by atoms with Gasteiger partial charge in [-0.25, -0.2) is 4.98 Å². The van der Waals surface area contributed by atoms with Gasteiger partial charge in [-0.3, -0.25) is 4.79 Å². The minimum atomic E-state index is -0.132. The molecule has 148 valence electrons. The molecule has 0 radical (unpaired) electrons. The van der Waals surface area contributed by atoms with Crippen LogP contribution in [0.3, 0.4) is 0 Å². The van der Waals surface area contributed by atoms with Crippen molar-refractivity contribution >= 4 is 11.6 Å². The number of amides is 1. The van der Waals surface area contributed by atoms with Crippen LogP contribution in [0.5, 0.6) is 0 Å². The lowest BCUT2D eigenvalue weighted by Gasteiger charge is -2.09. The van der Waals surface area contributed by atoms with Crippen LogP contribution in [0.15, 0.2) is 67.0 Å². The summed E-state index contributed by atoms with van der Waals surface area (Å²) in [4.78, 5) is 17.1. The highest BCUT2D eigenvalue weighted by molar-refractivity contribution is 6.05. The SMILES string of the molecule is Cn1ccnc1-c1ccc(-c2cccc(C(=O)Nc3ccc4c(c3)CCC4)c2)nn1. The van der Waals surface area contributed by atoms with E-state index in [2.05, 4.69) is 32.6 Å². The Balaban J connectivity index is 1.36. The Bertz CT molecular complexity index is 1230. The molecule has 1 amide bonds. The highest BCUT2D eigenvalue weighted by Crippen LogP contribution is 2.26. The van der Waals surface area contributed by atoms with Crippen LogP contribution in [-0.2, 0) is 19.9 Å². The third kappa shape index (κ3) is 3.48. The molecule has 4 aromatic rings. The second kappa shape index (κ2) is 7.55. The van der Waals surface area contributed by atoms with Crippen molar-refractivity contribution in [3.8, 4) is 22.8 Å². The van der Waals surface area contributed by atoms with E-state index >= 15 is 0 Å². The Labute approximate surface area is 174 Å². The van der Waals surface area contributed by atoms with E-state index in [4.69, 9.17) is 0 Å². The lowest BCUT2D eigenvalue weighted by molar-refractivity contribution is 0.102. The number of aromatic nitrogens is 4. The second-order valence-electron chi connectivity index (χ2n) is 7.54. The third-order valence-electron chi connectivity index (χ3n) is 5.49. The minimum absolute atomic E-state index is 0.132. The molecule has 5 rings (SSSR count). The van der Waals surface area contributed by atoms with Crippen molar-refractivity contribution in [1.82, 2.24) is 19.7 Å². The molecule has 0 spiro atoms. The van der Waals surface area contributed by atoms with Gasteiger partial charge in [0.25, 0.3) is 5.91 Å². The molecule has 0 fully saturated rings. The van der Waals surface area contributed by atoms with Crippen LogP contribution in [0.2, 0.25) is 0 Å². The van der Waals surface area contributed by atoms with Gasteiger partial charge < -0.3 is 9.88 Å². The summed E-state index contributed by atoms with van der Waals surface area (Å²) < 4.78 is 1.90. The molecule has 6 nitrogen and oxygen atoms in total. The summed E-state index contributed by atoms with van der Waals surface area (Å²) in [5.74, 6) is 0.629. The number of rotatable bonds is 4. The summed E-state index contributed by atoms with van der Waals surface area (Å²) in [7, 11) is 1.92. The number of benzene rings is 2. The first-order valence-electron chi connectivity index (χ1n) is 10.0. The number of hydrogen-bond donors (Lipinski definition) is 1. The van der Waals surface area contributed by atoms with E-state index in [9.17, 15) is 4.79 Å². The Kier molecular flexibility index (Phi) is 4.59. The summed E-state index contributed by atoms with van der Waals surface area (Å²) in [6.07, 6.45) is 7.00. The van der Waals surface area contributed by atoms with Crippen molar-refractivity contribution in [1.29, 1.82) is 0 Å². The smallest absolute Gasteiger partial charge is 0.255 e. The zero-order valence-corrected chi connectivity index (χ0v) is 16.7. The van der Waals surface area contributed by atoms with Gasteiger partial charge in [-0.1, -0.05) is 18.2 Å². The van der Waals surface area contributed by atoms with E-state index in [1.165, 1.54) is 17.5 Å². The fourth-order valence-corrected chi connectivity index (χ4v) is 3.89. The first-order valence-corrected chi connectivity index (χ1v) is 10.0. The van der Waals surface area contributed by atoms with Crippen molar-refractivity contribution in [2.24, 2.45) is 7.05 Å². The normalized spacial score (nSPS) is 12.6. The van der Waals surface area contributed by atoms with E-state index in [1.54, 1.807) is 6.20 Å². The molecule has 2 aromatic heterocycles. The molecule has 6 heteroatoms.